The summed E-state index contributed by atoms with van der Waals surface area (Å²) >= 11 is 1.49. The Bertz CT molecular complexity index is 1130. The maximum Gasteiger partial charge on any atom is 0.266 e. The fourth-order valence-corrected chi connectivity index (χ4v) is 4.15. The minimum absolute atomic E-state index is 0.147. The Morgan fingerprint density at radius 1 is 1.23 bits per heavy atom. The minimum Gasteiger partial charge on any atom is -0.484 e. The molecule has 154 valence electrons. The molecule has 2 aromatic carbocycles. The highest BCUT2D eigenvalue weighted by molar-refractivity contribution is 7.22. The van der Waals surface area contributed by atoms with Crippen LogP contribution in [0.2, 0.25) is 0 Å². The monoisotopic (exact) mass is 424 g/mol. The Kier molecular flexibility index (Phi) is 6.04. The van der Waals surface area contributed by atoms with Crippen LogP contribution < -0.4 is 9.64 Å². The summed E-state index contributed by atoms with van der Waals surface area (Å²) in [6, 6.07) is 11.7. The largest absolute Gasteiger partial charge is 0.484 e. The molecule has 0 spiro atoms. The third-order valence-electron chi connectivity index (χ3n) is 4.60. The number of anilines is 1. The van der Waals surface area contributed by atoms with Crippen molar-refractivity contribution >= 4 is 32.6 Å². The van der Waals surface area contributed by atoms with Gasteiger partial charge in [0.15, 0.2) is 11.7 Å². The number of benzene rings is 2. The van der Waals surface area contributed by atoms with Gasteiger partial charge in [0.1, 0.15) is 11.6 Å². The zero-order valence-corrected chi connectivity index (χ0v) is 17.3. The second-order valence-electron chi connectivity index (χ2n) is 6.91. The zero-order valence-electron chi connectivity index (χ0n) is 16.5. The maximum atomic E-state index is 13.1. The van der Waals surface area contributed by atoms with E-state index in [0.29, 0.717) is 17.4 Å². The highest BCUT2D eigenvalue weighted by atomic mass is 32.1. The smallest absolute Gasteiger partial charge is 0.266 e. The number of hydrogen-bond donors (Lipinski definition) is 0. The van der Waals surface area contributed by atoms with Crippen LogP contribution in [-0.4, -0.2) is 33.6 Å². The van der Waals surface area contributed by atoms with Crippen molar-refractivity contribution in [1.29, 1.82) is 0 Å². The van der Waals surface area contributed by atoms with Gasteiger partial charge >= 0.3 is 0 Å². The SMILES string of the molecule is Cc1ccc2nc(N(CCCn3ccnc3)C(=O)COc3ccc(F)cc3)sc2c1. The molecule has 0 aliphatic heterocycles. The third-order valence-corrected chi connectivity index (χ3v) is 5.64. The summed E-state index contributed by atoms with van der Waals surface area (Å²) in [7, 11) is 0. The molecule has 0 aliphatic carbocycles. The van der Waals surface area contributed by atoms with Crippen molar-refractivity contribution in [2.24, 2.45) is 0 Å². The van der Waals surface area contributed by atoms with Gasteiger partial charge in [0.2, 0.25) is 0 Å². The van der Waals surface area contributed by atoms with Crippen molar-refractivity contribution < 1.29 is 13.9 Å². The van der Waals surface area contributed by atoms with Gasteiger partial charge in [-0.1, -0.05) is 17.4 Å². The average Bonchev–Trinajstić information content (AvgIpc) is 3.40. The number of amides is 1. The van der Waals surface area contributed by atoms with Crippen molar-refractivity contribution in [3.05, 3.63) is 72.6 Å². The van der Waals surface area contributed by atoms with Crippen LogP contribution >= 0.6 is 11.3 Å². The number of aromatic nitrogens is 3. The second kappa shape index (κ2) is 9.04. The molecule has 0 saturated carbocycles. The Hall–Kier alpha value is -3.26. The molecule has 4 rings (SSSR count). The van der Waals surface area contributed by atoms with Gasteiger partial charge in [-0.2, -0.15) is 0 Å². The molecule has 8 heteroatoms. The standard InChI is InChI=1S/C22H21FN4O2S/c1-16-3-8-19-20(13-16)30-22(25-19)27(11-2-10-26-12-9-24-15-26)21(28)14-29-18-6-4-17(23)5-7-18/h3-9,12-13,15H,2,10-11,14H2,1H3. The first kappa shape index (κ1) is 20.0. The van der Waals surface area contributed by atoms with Crippen LogP contribution in [0, 0.1) is 12.7 Å². The van der Waals surface area contributed by atoms with Gasteiger partial charge in [-0.05, 0) is 55.3 Å². The zero-order chi connectivity index (χ0) is 20.9. The number of fused-ring (bicyclic) bond motifs is 1. The van der Waals surface area contributed by atoms with Gasteiger partial charge < -0.3 is 9.30 Å². The van der Waals surface area contributed by atoms with Crippen LogP contribution in [0.4, 0.5) is 9.52 Å². The van der Waals surface area contributed by atoms with E-state index < -0.39 is 0 Å². The Balaban J connectivity index is 1.50. The molecule has 0 unspecified atom stereocenters. The molecule has 0 N–H and O–H groups in total. The van der Waals surface area contributed by atoms with Crippen LogP contribution in [0.15, 0.2) is 61.2 Å². The van der Waals surface area contributed by atoms with Gasteiger partial charge in [-0.15, -0.1) is 0 Å². The van der Waals surface area contributed by atoms with E-state index in [1.807, 2.05) is 29.8 Å². The topological polar surface area (TPSA) is 60.2 Å². The van der Waals surface area contributed by atoms with Crippen molar-refractivity contribution in [1.82, 2.24) is 14.5 Å². The number of rotatable bonds is 8. The molecule has 0 bridgehead atoms. The number of nitrogens with zero attached hydrogens (tertiary/aromatic N) is 4. The van der Waals surface area contributed by atoms with Crippen LogP contribution in [-0.2, 0) is 11.3 Å². The second-order valence-corrected chi connectivity index (χ2v) is 7.92. The lowest BCUT2D eigenvalue weighted by Crippen LogP contribution is -2.36. The summed E-state index contributed by atoms with van der Waals surface area (Å²) < 4.78 is 21.7. The number of halogens is 1. The summed E-state index contributed by atoms with van der Waals surface area (Å²) in [6.45, 7) is 3.13. The molecule has 2 aromatic heterocycles. The van der Waals surface area contributed by atoms with E-state index >= 15 is 0 Å². The minimum atomic E-state index is -0.348. The molecule has 6 nitrogen and oxygen atoms in total. The van der Waals surface area contributed by atoms with Crippen LogP contribution in [0.1, 0.15) is 12.0 Å². The van der Waals surface area contributed by atoms with Gasteiger partial charge in [-0.25, -0.2) is 14.4 Å². The lowest BCUT2D eigenvalue weighted by Gasteiger charge is -2.20. The first-order chi connectivity index (χ1) is 14.6. The van der Waals surface area contributed by atoms with E-state index in [9.17, 15) is 9.18 Å². The lowest BCUT2D eigenvalue weighted by molar-refractivity contribution is -0.120. The highest BCUT2D eigenvalue weighted by Gasteiger charge is 2.20. The first-order valence-corrected chi connectivity index (χ1v) is 10.4. The lowest BCUT2D eigenvalue weighted by atomic mass is 10.2. The van der Waals surface area contributed by atoms with Crippen LogP contribution in [0.25, 0.3) is 10.2 Å². The molecule has 0 saturated heterocycles. The molecular formula is C22H21FN4O2S. The first-order valence-electron chi connectivity index (χ1n) is 9.60. The van der Waals surface area contributed by atoms with E-state index in [0.717, 1.165) is 28.7 Å². The molecular weight excluding hydrogens is 403 g/mol. The fraction of sp³-hybridized carbons (Fsp3) is 0.227. The van der Waals surface area contributed by atoms with E-state index in [2.05, 4.69) is 16.0 Å². The third kappa shape index (κ3) is 4.83. The van der Waals surface area contributed by atoms with E-state index in [1.54, 1.807) is 17.4 Å². The maximum absolute atomic E-state index is 13.1. The van der Waals surface area contributed by atoms with Crippen molar-refractivity contribution in [2.75, 3.05) is 18.1 Å². The summed E-state index contributed by atoms with van der Waals surface area (Å²) in [4.78, 5) is 23.4. The van der Waals surface area contributed by atoms with Gasteiger partial charge in [-0.3, -0.25) is 9.69 Å². The number of thiazole rings is 1. The van der Waals surface area contributed by atoms with Gasteiger partial charge in [0.25, 0.3) is 5.91 Å². The molecule has 30 heavy (non-hydrogen) atoms. The predicted octanol–water partition coefficient (Wildman–Crippen LogP) is 4.44. The van der Waals surface area contributed by atoms with Gasteiger partial charge in [0.05, 0.1) is 16.5 Å². The van der Waals surface area contributed by atoms with Crippen molar-refractivity contribution in [3.63, 3.8) is 0 Å². The molecule has 0 radical (unpaired) electrons. The Morgan fingerprint density at radius 2 is 2.07 bits per heavy atom. The predicted molar refractivity (Wildman–Crippen MR) is 115 cm³/mol. The fourth-order valence-electron chi connectivity index (χ4n) is 3.05. The molecule has 1 amide bonds. The van der Waals surface area contributed by atoms with Gasteiger partial charge in [0, 0.05) is 25.5 Å². The molecule has 0 fully saturated rings. The Labute approximate surface area is 177 Å². The average molecular weight is 425 g/mol. The van der Waals surface area contributed by atoms with E-state index in [4.69, 9.17) is 4.74 Å². The summed E-state index contributed by atoms with van der Waals surface area (Å²) in [6.07, 6.45) is 6.12. The van der Waals surface area contributed by atoms with E-state index in [-0.39, 0.29) is 18.3 Å². The molecule has 0 atom stereocenters. The summed E-state index contributed by atoms with van der Waals surface area (Å²) in [5.41, 5.74) is 2.02. The molecule has 2 heterocycles. The Morgan fingerprint density at radius 3 is 2.83 bits per heavy atom. The number of ether oxygens (including phenoxy) is 1. The molecule has 4 aromatic rings. The summed E-state index contributed by atoms with van der Waals surface area (Å²) in [5, 5.41) is 0.647. The number of aryl methyl sites for hydroxylation is 2. The van der Waals surface area contributed by atoms with E-state index in [1.165, 1.54) is 35.6 Å². The van der Waals surface area contributed by atoms with Crippen LogP contribution in [0.5, 0.6) is 5.75 Å². The number of imidazole rings is 1. The van der Waals surface area contributed by atoms with Crippen LogP contribution in [0.3, 0.4) is 0 Å². The van der Waals surface area contributed by atoms with Crippen molar-refractivity contribution in [2.45, 2.75) is 19.9 Å². The molecule has 0 aliphatic rings. The number of hydrogen-bond acceptors (Lipinski definition) is 5. The number of carbonyl (C=O) groups excluding carboxylic acids is 1. The van der Waals surface area contributed by atoms with Crippen molar-refractivity contribution in [3.8, 4) is 5.75 Å². The summed E-state index contributed by atoms with van der Waals surface area (Å²) in [5.74, 6) is -0.0941. The highest BCUT2D eigenvalue weighted by Crippen LogP contribution is 2.30. The quantitative estimate of drug-likeness (QED) is 0.420. The normalized spacial score (nSPS) is 11.0. The number of carbonyl (C=O) groups is 1.